The molecule has 0 atom stereocenters. The molecule has 1 radical (unpaired) electrons. The van der Waals surface area contributed by atoms with E-state index in [0.717, 1.165) is 12.3 Å². The molecule has 0 N–H and O–H groups in total. The summed E-state index contributed by atoms with van der Waals surface area (Å²) in [6.45, 7) is 6.00. The Morgan fingerprint density at radius 1 is 1.14 bits per heavy atom. The molecule has 0 aromatic rings. The first kappa shape index (κ1) is 36.6. The summed E-state index contributed by atoms with van der Waals surface area (Å²) in [5, 5.41) is 0. The third kappa shape index (κ3) is 18.3. The van der Waals surface area contributed by atoms with Crippen LogP contribution in [0.5, 0.6) is 0 Å². The van der Waals surface area contributed by atoms with Gasteiger partial charge in [-0.05, 0) is 6.92 Å². The van der Waals surface area contributed by atoms with Crippen LogP contribution >= 0.6 is 0 Å². The molecule has 89 valence electrons. The Bertz CT molecular complexity index is 95.3. The maximum Gasteiger partial charge on any atom is 0.169 e. The molecule has 0 aliphatic heterocycles. The van der Waals surface area contributed by atoms with Crippen molar-refractivity contribution in [1.29, 1.82) is 0 Å². The monoisotopic (exact) mass is 282 g/mol. The van der Waals surface area contributed by atoms with E-state index in [0.29, 0.717) is 6.61 Å². The summed E-state index contributed by atoms with van der Waals surface area (Å²) in [4.78, 5) is 10.7. The second kappa shape index (κ2) is 23.3. The molecule has 3 heteroatoms. The Labute approximate surface area is 117 Å². The van der Waals surface area contributed by atoms with Crippen LogP contribution in [0.4, 0.5) is 0 Å². The molecule has 0 saturated heterocycles. The Hall–Kier alpha value is 0.444. The predicted octanol–water partition coefficient (Wildman–Crippen LogP) is 4.10. The fourth-order valence-corrected chi connectivity index (χ4v) is 0.399. The average molecular weight is 282 g/mol. The van der Waals surface area contributed by atoms with Crippen LogP contribution in [0.2, 0.25) is 0 Å². The van der Waals surface area contributed by atoms with E-state index in [1.165, 1.54) is 0 Å². The Morgan fingerprint density at radius 3 is 1.71 bits per heavy atom. The maximum atomic E-state index is 10.7. The molecule has 14 heavy (non-hydrogen) atoms. The first-order valence-electron chi connectivity index (χ1n) is 3.21. The van der Waals surface area contributed by atoms with Crippen molar-refractivity contribution in [1.82, 2.24) is 0 Å². The van der Waals surface area contributed by atoms with Gasteiger partial charge in [0.15, 0.2) is 5.97 Å². The zero-order chi connectivity index (χ0) is 7.28. The van der Waals surface area contributed by atoms with Crippen molar-refractivity contribution in [3.05, 3.63) is 5.92 Å². The van der Waals surface area contributed by atoms with Gasteiger partial charge in [-0.2, -0.15) is 13.3 Å². The second-order valence-corrected chi connectivity index (χ2v) is 1.85. The summed E-state index contributed by atoms with van der Waals surface area (Å²) in [6, 6.07) is 0. The van der Waals surface area contributed by atoms with Gasteiger partial charge in [0.2, 0.25) is 0 Å². The number of ether oxygens (including phenoxy) is 1. The summed E-state index contributed by atoms with van der Waals surface area (Å²) in [6.07, 6.45) is 0.777. The van der Waals surface area contributed by atoms with E-state index in [4.69, 9.17) is 4.74 Å². The van der Waals surface area contributed by atoms with Crippen molar-refractivity contribution in [2.24, 2.45) is 0 Å². The fraction of sp³-hybridized carbons (Fsp3) is 0.818. The number of esters is 1. The van der Waals surface area contributed by atoms with Crippen LogP contribution in [0, 0.1) is 5.92 Å². The molecule has 0 spiro atoms. The summed E-state index contributed by atoms with van der Waals surface area (Å²) in [7, 11) is 0. The van der Waals surface area contributed by atoms with E-state index in [2.05, 4.69) is 0 Å². The van der Waals surface area contributed by atoms with E-state index in [9.17, 15) is 4.79 Å². The maximum absolute atomic E-state index is 10.7. The third-order valence-electron chi connectivity index (χ3n) is 1.15. The van der Waals surface area contributed by atoms with Gasteiger partial charge < -0.3 is 4.74 Å². The molecule has 0 saturated carbocycles. The molecular formula is C11H29O2Y-. The van der Waals surface area contributed by atoms with Crippen molar-refractivity contribution in [2.45, 2.75) is 56.9 Å². The van der Waals surface area contributed by atoms with Gasteiger partial charge in [-0.25, -0.2) is 0 Å². The molecule has 0 aliphatic rings. The standard InChI is InChI=1S/C7H13O2.4CH4.Y/c1-4-6(3)7(8)9-5-2;;;;;/h4-5H2,1-3H3;4*1H4;/q-1;;;;;. The first-order valence-corrected chi connectivity index (χ1v) is 3.21. The van der Waals surface area contributed by atoms with E-state index in [1.807, 2.05) is 6.92 Å². The van der Waals surface area contributed by atoms with Gasteiger partial charge in [0, 0.05) is 32.7 Å². The van der Waals surface area contributed by atoms with Crippen molar-refractivity contribution in [3.8, 4) is 0 Å². The topological polar surface area (TPSA) is 26.3 Å². The molecule has 0 aliphatic carbocycles. The third-order valence-corrected chi connectivity index (χ3v) is 1.15. The van der Waals surface area contributed by atoms with E-state index < -0.39 is 0 Å². The molecular weight excluding hydrogens is 253 g/mol. The molecule has 0 rings (SSSR count). The molecule has 2 nitrogen and oxygen atoms in total. The zero-order valence-corrected chi connectivity index (χ0v) is 9.65. The van der Waals surface area contributed by atoms with Crippen LogP contribution in [0.15, 0.2) is 0 Å². The number of carbonyl (C=O) groups excluding carboxylic acids is 1. The fourth-order valence-electron chi connectivity index (χ4n) is 0.399. The van der Waals surface area contributed by atoms with Gasteiger partial charge >= 0.3 is 0 Å². The van der Waals surface area contributed by atoms with E-state index >= 15 is 0 Å². The summed E-state index contributed by atoms with van der Waals surface area (Å²) in [5.41, 5.74) is 0. The summed E-state index contributed by atoms with van der Waals surface area (Å²) >= 11 is 0. The summed E-state index contributed by atoms with van der Waals surface area (Å²) < 4.78 is 4.72. The normalized spacial score (nSPS) is 5.64. The van der Waals surface area contributed by atoms with Gasteiger partial charge in [0.05, 0.1) is 6.61 Å². The smallest absolute Gasteiger partial charge is 0.169 e. The van der Waals surface area contributed by atoms with Crippen LogP contribution < -0.4 is 0 Å². The average Bonchev–Trinajstić information content (AvgIpc) is 1.87. The number of carbonyl (C=O) groups is 1. The SMILES string of the molecule is C.C.C.C.CCOC(=O)[C-](C)CC.[Y]. The molecule has 0 bridgehead atoms. The molecule has 0 aromatic carbocycles. The molecule has 0 unspecified atom stereocenters. The van der Waals surface area contributed by atoms with Gasteiger partial charge in [-0.3, -0.25) is 10.7 Å². The van der Waals surface area contributed by atoms with Gasteiger partial charge in [-0.15, -0.1) is 0 Å². The van der Waals surface area contributed by atoms with Crippen LogP contribution in [-0.2, 0) is 42.2 Å². The predicted molar refractivity (Wildman–Crippen MR) is 62.8 cm³/mol. The van der Waals surface area contributed by atoms with Gasteiger partial charge in [0.1, 0.15) is 0 Å². The number of rotatable bonds is 3. The van der Waals surface area contributed by atoms with Crippen molar-refractivity contribution in [3.63, 3.8) is 0 Å². The molecule has 0 heterocycles. The minimum Gasteiger partial charge on any atom is -0.488 e. The van der Waals surface area contributed by atoms with Gasteiger partial charge in [-0.1, -0.05) is 36.6 Å². The molecule has 0 aromatic heterocycles. The zero-order valence-electron chi connectivity index (χ0n) is 6.81. The van der Waals surface area contributed by atoms with Crippen molar-refractivity contribution >= 4 is 5.97 Å². The number of hydrogen-bond acceptors (Lipinski definition) is 2. The van der Waals surface area contributed by atoms with Crippen LogP contribution in [0.3, 0.4) is 0 Å². The minimum absolute atomic E-state index is 0. The van der Waals surface area contributed by atoms with Crippen LogP contribution in [-0.4, -0.2) is 12.6 Å². The van der Waals surface area contributed by atoms with Crippen molar-refractivity contribution in [2.75, 3.05) is 6.61 Å². The van der Waals surface area contributed by atoms with E-state index in [-0.39, 0.29) is 68.4 Å². The van der Waals surface area contributed by atoms with Crippen LogP contribution in [0.1, 0.15) is 56.9 Å². The molecule has 0 fully saturated rings. The van der Waals surface area contributed by atoms with Gasteiger partial charge in [0.25, 0.3) is 0 Å². The summed E-state index contributed by atoms with van der Waals surface area (Å²) in [5.74, 6) is 0.622. The number of hydrogen-bond donors (Lipinski definition) is 0. The Morgan fingerprint density at radius 2 is 1.50 bits per heavy atom. The van der Waals surface area contributed by atoms with Crippen molar-refractivity contribution < 1.29 is 42.2 Å². The molecule has 0 amide bonds. The first-order chi connectivity index (χ1) is 4.22. The Balaban J connectivity index is -0.0000000320. The minimum atomic E-state index is -0.167. The Kier molecular flexibility index (Phi) is 61.0. The second-order valence-electron chi connectivity index (χ2n) is 1.85. The largest absolute Gasteiger partial charge is 0.488 e. The van der Waals surface area contributed by atoms with Crippen LogP contribution in [0.25, 0.3) is 0 Å². The van der Waals surface area contributed by atoms with E-state index in [1.54, 1.807) is 13.8 Å². The quantitative estimate of drug-likeness (QED) is 0.575.